The number of benzene rings is 1. The molecule has 24 heavy (non-hydrogen) atoms. The summed E-state index contributed by atoms with van der Waals surface area (Å²) in [5.74, 6) is 1.13. The molecule has 1 aromatic rings. The Bertz CT molecular complexity index is 671. The fraction of sp³-hybridized carbons (Fsp3) is 0.588. The maximum Gasteiger partial charge on any atom is 0.191 e. The van der Waals surface area contributed by atoms with Gasteiger partial charge in [0.05, 0.1) is 18.1 Å². The minimum Gasteiger partial charge on any atom is -0.357 e. The first-order chi connectivity index (χ1) is 11.4. The summed E-state index contributed by atoms with van der Waals surface area (Å²) >= 11 is 0. The zero-order valence-corrected chi connectivity index (χ0v) is 15.6. The van der Waals surface area contributed by atoms with Crippen molar-refractivity contribution in [2.45, 2.75) is 32.5 Å². The van der Waals surface area contributed by atoms with Crippen LogP contribution in [0.5, 0.6) is 0 Å². The second kappa shape index (κ2) is 8.48. The van der Waals surface area contributed by atoms with E-state index < -0.39 is 9.84 Å². The van der Waals surface area contributed by atoms with Gasteiger partial charge in [-0.3, -0.25) is 0 Å². The zero-order chi connectivity index (χ0) is 17.6. The van der Waals surface area contributed by atoms with Crippen LogP contribution in [-0.4, -0.2) is 57.5 Å². The first-order valence-corrected chi connectivity index (χ1v) is 10.2. The van der Waals surface area contributed by atoms with Crippen LogP contribution in [0, 0.1) is 0 Å². The van der Waals surface area contributed by atoms with Crippen molar-refractivity contribution in [3.63, 3.8) is 0 Å². The van der Waals surface area contributed by atoms with Crippen molar-refractivity contribution < 1.29 is 8.42 Å². The number of hydrogen-bond donors (Lipinski definition) is 2. The smallest absolute Gasteiger partial charge is 0.191 e. The number of hydrogen-bond acceptors (Lipinski definition) is 4. The molecule has 0 radical (unpaired) electrons. The van der Waals surface area contributed by atoms with E-state index in [1.807, 2.05) is 33.2 Å². The van der Waals surface area contributed by atoms with Crippen LogP contribution in [0.25, 0.3) is 0 Å². The van der Waals surface area contributed by atoms with Crippen molar-refractivity contribution >= 4 is 15.8 Å². The summed E-state index contributed by atoms with van der Waals surface area (Å²) in [7, 11) is 1.20. The van der Waals surface area contributed by atoms with Crippen LogP contribution in [0.4, 0.5) is 0 Å². The van der Waals surface area contributed by atoms with Crippen LogP contribution in [0.1, 0.15) is 24.5 Å². The van der Waals surface area contributed by atoms with Gasteiger partial charge in [0.2, 0.25) is 0 Å². The Hall–Kier alpha value is -1.60. The van der Waals surface area contributed by atoms with Crippen LogP contribution in [0.15, 0.2) is 29.3 Å². The van der Waals surface area contributed by atoms with Crippen molar-refractivity contribution in [3.8, 4) is 0 Å². The number of nitrogens with zero attached hydrogens (tertiary/aromatic N) is 2. The summed E-state index contributed by atoms with van der Waals surface area (Å²) in [6.07, 6.45) is 0.643. The zero-order valence-electron chi connectivity index (χ0n) is 14.7. The largest absolute Gasteiger partial charge is 0.357 e. The fourth-order valence-electron chi connectivity index (χ4n) is 2.79. The van der Waals surface area contributed by atoms with Crippen molar-refractivity contribution in [3.05, 3.63) is 35.4 Å². The van der Waals surface area contributed by atoms with Crippen molar-refractivity contribution in [2.24, 2.45) is 4.99 Å². The summed E-state index contributed by atoms with van der Waals surface area (Å²) in [5, 5.41) is 6.45. The van der Waals surface area contributed by atoms with E-state index in [9.17, 15) is 8.42 Å². The predicted molar refractivity (Wildman–Crippen MR) is 98.8 cm³/mol. The van der Waals surface area contributed by atoms with Gasteiger partial charge < -0.3 is 15.5 Å². The van der Waals surface area contributed by atoms with Gasteiger partial charge in [0.15, 0.2) is 15.8 Å². The molecule has 7 heteroatoms. The van der Waals surface area contributed by atoms with Crippen LogP contribution >= 0.6 is 0 Å². The fourth-order valence-corrected chi connectivity index (χ4v) is 4.47. The van der Waals surface area contributed by atoms with Crippen LogP contribution in [0.3, 0.4) is 0 Å². The number of sulfone groups is 1. The second-order valence-corrected chi connectivity index (χ2v) is 8.67. The van der Waals surface area contributed by atoms with Gasteiger partial charge in [0.1, 0.15) is 0 Å². The highest BCUT2D eigenvalue weighted by atomic mass is 32.2. The molecule has 1 atom stereocenters. The van der Waals surface area contributed by atoms with E-state index in [-0.39, 0.29) is 17.5 Å². The first kappa shape index (κ1) is 18.7. The number of guanidine groups is 1. The Morgan fingerprint density at radius 3 is 2.58 bits per heavy atom. The van der Waals surface area contributed by atoms with Gasteiger partial charge >= 0.3 is 0 Å². The molecule has 0 aliphatic carbocycles. The molecule has 1 saturated heterocycles. The first-order valence-electron chi connectivity index (χ1n) is 8.36. The number of nitrogens with one attached hydrogen (secondary N) is 2. The Kier molecular flexibility index (Phi) is 6.62. The number of rotatable bonds is 6. The van der Waals surface area contributed by atoms with Crippen LogP contribution in [0.2, 0.25) is 0 Å². The van der Waals surface area contributed by atoms with Gasteiger partial charge in [-0.1, -0.05) is 24.3 Å². The third-order valence-corrected chi connectivity index (χ3v) is 5.70. The molecule has 2 N–H and O–H groups in total. The van der Waals surface area contributed by atoms with E-state index >= 15 is 0 Å². The lowest BCUT2D eigenvalue weighted by Crippen LogP contribution is -2.44. The minimum absolute atomic E-state index is 0.0511. The molecule has 1 aliphatic heterocycles. The van der Waals surface area contributed by atoms with Gasteiger partial charge in [0, 0.05) is 19.1 Å². The molecule has 1 fully saturated rings. The molecule has 0 aromatic heterocycles. The van der Waals surface area contributed by atoms with Crippen molar-refractivity contribution in [1.29, 1.82) is 0 Å². The predicted octanol–water partition coefficient (Wildman–Crippen LogP) is 0.990. The molecule has 0 saturated carbocycles. The Balaban J connectivity index is 2.06. The van der Waals surface area contributed by atoms with Gasteiger partial charge in [-0.25, -0.2) is 13.4 Å². The quantitative estimate of drug-likeness (QED) is 0.590. The normalized spacial score (nSPS) is 20.3. The molecule has 1 aromatic carbocycles. The minimum atomic E-state index is -2.89. The van der Waals surface area contributed by atoms with Gasteiger partial charge in [0.25, 0.3) is 0 Å². The summed E-state index contributed by atoms with van der Waals surface area (Å²) in [4.78, 5) is 6.78. The Morgan fingerprint density at radius 2 is 2.00 bits per heavy atom. The summed E-state index contributed by atoms with van der Waals surface area (Å²) < 4.78 is 23.2. The molecular weight excluding hydrogens is 324 g/mol. The van der Waals surface area contributed by atoms with E-state index in [4.69, 9.17) is 0 Å². The summed E-state index contributed by atoms with van der Waals surface area (Å²) in [6.45, 7) is 4.18. The van der Waals surface area contributed by atoms with Gasteiger partial charge in [-0.2, -0.15) is 0 Å². The molecule has 1 heterocycles. The van der Waals surface area contributed by atoms with Gasteiger partial charge in [-0.05, 0) is 38.6 Å². The van der Waals surface area contributed by atoms with E-state index in [0.29, 0.717) is 18.9 Å². The molecule has 0 amide bonds. The lowest BCUT2D eigenvalue weighted by molar-refractivity contribution is 0.401. The molecule has 134 valence electrons. The van der Waals surface area contributed by atoms with Crippen LogP contribution in [-0.2, 0) is 22.9 Å². The second-order valence-electron chi connectivity index (χ2n) is 6.45. The summed E-state index contributed by atoms with van der Waals surface area (Å²) in [6, 6.07) is 8.22. The standard InChI is InChI=1S/C17H28N4O2S/c1-4-18-17(20-16-9-10-24(22,23)13-16)19-11-14-7-5-6-8-15(14)12-21(2)3/h5-8,16H,4,9-13H2,1-3H3,(H2,18,19,20). The molecule has 0 spiro atoms. The lowest BCUT2D eigenvalue weighted by Gasteiger charge is -2.17. The van der Waals surface area contributed by atoms with E-state index in [1.165, 1.54) is 11.1 Å². The van der Waals surface area contributed by atoms with Crippen molar-refractivity contribution in [2.75, 3.05) is 32.1 Å². The molecule has 0 bridgehead atoms. The maximum absolute atomic E-state index is 11.6. The average molecular weight is 353 g/mol. The average Bonchev–Trinajstić information content (AvgIpc) is 2.84. The van der Waals surface area contributed by atoms with Crippen molar-refractivity contribution in [1.82, 2.24) is 15.5 Å². The maximum atomic E-state index is 11.6. The molecule has 2 rings (SSSR count). The van der Waals surface area contributed by atoms with Gasteiger partial charge in [-0.15, -0.1) is 0 Å². The molecule has 6 nitrogen and oxygen atoms in total. The molecule has 1 unspecified atom stereocenters. The monoisotopic (exact) mass is 352 g/mol. The SMILES string of the molecule is CCNC(=NCc1ccccc1CN(C)C)NC1CCS(=O)(=O)C1. The topological polar surface area (TPSA) is 73.8 Å². The Morgan fingerprint density at radius 1 is 1.29 bits per heavy atom. The van der Waals surface area contributed by atoms with E-state index in [2.05, 4.69) is 32.7 Å². The third-order valence-electron chi connectivity index (χ3n) is 3.93. The third kappa shape index (κ3) is 5.79. The highest BCUT2D eigenvalue weighted by Crippen LogP contribution is 2.13. The highest BCUT2D eigenvalue weighted by molar-refractivity contribution is 7.91. The highest BCUT2D eigenvalue weighted by Gasteiger charge is 2.28. The van der Waals surface area contributed by atoms with E-state index in [1.54, 1.807) is 0 Å². The molecular formula is C17H28N4O2S. The summed E-state index contributed by atoms with van der Waals surface area (Å²) in [5.41, 5.74) is 2.44. The van der Waals surface area contributed by atoms with Crippen LogP contribution < -0.4 is 10.6 Å². The molecule has 1 aliphatic rings. The van der Waals surface area contributed by atoms with E-state index in [0.717, 1.165) is 13.1 Å². The number of aliphatic imine (C=N–C) groups is 1. The lowest BCUT2D eigenvalue weighted by atomic mass is 10.1. The Labute approximate surface area is 145 Å².